The molecule has 0 bridgehead atoms. The van der Waals surface area contributed by atoms with E-state index in [2.05, 4.69) is 85.2 Å². The van der Waals surface area contributed by atoms with E-state index < -0.39 is 24.5 Å². The molecule has 4 N–H and O–H groups in total. The Hall–Kier alpha value is -3.46. The van der Waals surface area contributed by atoms with Crippen LogP contribution in [0.15, 0.2) is 60.8 Å². The van der Waals surface area contributed by atoms with Crippen LogP contribution in [0.1, 0.15) is 213 Å². The van der Waals surface area contributed by atoms with Crippen LogP contribution < -0.4 is 10.6 Å². The summed E-state index contributed by atoms with van der Waals surface area (Å²) in [4.78, 5) is 47.7. The van der Waals surface area contributed by atoms with Crippen LogP contribution >= 0.6 is 0 Å². The molecular weight excluding hydrogens is 753 g/mol. The van der Waals surface area contributed by atoms with Gasteiger partial charge in [-0.15, -0.1) is 0 Å². The third-order valence-electron chi connectivity index (χ3n) is 10.5. The minimum absolute atomic E-state index is 0.0448. The van der Waals surface area contributed by atoms with E-state index in [-0.39, 0.29) is 30.9 Å². The van der Waals surface area contributed by atoms with Crippen molar-refractivity contribution in [1.82, 2.24) is 10.6 Å². The molecule has 9 nitrogen and oxygen atoms in total. The lowest BCUT2D eigenvalue weighted by Gasteiger charge is -2.18. The van der Waals surface area contributed by atoms with Gasteiger partial charge < -0.3 is 25.6 Å². The third-order valence-corrected chi connectivity index (χ3v) is 10.5. The summed E-state index contributed by atoms with van der Waals surface area (Å²) in [5.41, 5.74) is 0. The fraction of sp³-hybridized carbons (Fsp3) is 0.725. The van der Waals surface area contributed by atoms with Crippen molar-refractivity contribution >= 4 is 23.8 Å². The highest BCUT2D eigenvalue weighted by atomic mass is 16.5. The molecule has 0 aliphatic heterocycles. The van der Waals surface area contributed by atoms with Crippen molar-refractivity contribution in [3.63, 3.8) is 0 Å². The van der Waals surface area contributed by atoms with E-state index in [1.165, 1.54) is 89.9 Å². The van der Waals surface area contributed by atoms with Gasteiger partial charge in [-0.05, 0) is 77.0 Å². The average Bonchev–Trinajstić information content (AvgIpc) is 3.23. The minimum atomic E-state index is -1.39. The van der Waals surface area contributed by atoms with Crippen molar-refractivity contribution in [2.75, 3.05) is 13.2 Å². The molecule has 344 valence electrons. The number of hydrogen-bond acceptors (Lipinski definition) is 6. The number of aliphatic hydroxyl groups is 1. The van der Waals surface area contributed by atoms with Gasteiger partial charge in [0.05, 0.1) is 13.2 Å². The molecule has 0 aliphatic rings. The number of unbranched alkanes of at least 4 members (excludes halogenated alkanes) is 19. The van der Waals surface area contributed by atoms with Crippen molar-refractivity contribution in [3.8, 4) is 0 Å². The molecule has 0 aromatic heterocycles. The van der Waals surface area contributed by atoms with Gasteiger partial charge in [0.15, 0.2) is 0 Å². The first-order valence-electron chi connectivity index (χ1n) is 24.2. The first kappa shape index (κ1) is 56.5. The van der Waals surface area contributed by atoms with Gasteiger partial charge in [0.2, 0.25) is 11.8 Å². The highest BCUT2D eigenvalue weighted by molar-refractivity contribution is 5.87. The molecule has 60 heavy (non-hydrogen) atoms. The van der Waals surface area contributed by atoms with Crippen molar-refractivity contribution in [2.45, 2.75) is 225 Å². The van der Waals surface area contributed by atoms with Crippen LogP contribution in [0.3, 0.4) is 0 Å². The van der Waals surface area contributed by atoms with Crippen LogP contribution in [0.5, 0.6) is 0 Å². The molecule has 0 aromatic rings. The Labute approximate surface area is 366 Å². The van der Waals surface area contributed by atoms with Crippen molar-refractivity contribution in [1.29, 1.82) is 0 Å². The summed E-state index contributed by atoms with van der Waals surface area (Å²) in [5, 5.41) is 22.6. The zero-order valence-electron chi connectivity index (χ0n) is 38.2. The van der Waals surface area contributed by atoms with Crippen LogP contribution in [0, 0.1) is 0 Å². The molecule has 0 aliphatic carbocycles. The number of rotatable bonds is 43. The number of allylic oxidation sites excluding steroid dienone is 10. The molecular formula is C51H88N2O7. The monoisotopic (exact) mass is 841 g/mol. The topological polar surface area (TPSA) is 142 Å². The molecule has 0 saturated heterocycles. The van der Waals surface area contributed by atoms with Gasteiger partial charge in [0, 0.05) is 12.8 Å². The number of hydrogen-bond donors (Lipinski definition) is 4. The predicted octanol–water partition coefficient (Wildman–Crippen LogP) is 12.5. The second kappa shape index (κ2) is 45.1. The summed E-state index contributed by atoms with van der Waals surface area (Å²) in [6, 6.07) is -1.39. The normalized spacial score (nSPS) is 13.0. The Balaban J connectivity index is 4.43. The molecule has 9 heteroatoms. The van der Waals surface area contributed by atoms with E-state index in [9.17, 15) is 19.2 Å². The lowest BCUT2D eigenvalue weighted by atomic mass is 10.0. The summed E-state index contributed by atoms with van der Waals surface area (Å²) >= 11 is 0. The van der Waals surface area contributed by atoms with Gasteiger partial charge >= 0.3 is 11.9 Å². The van der Waals surface area contributed by atoms with E-state index in [0.717, 1.165) is 89.9 Å². The Bertz CT molecular complexity index is 1190. The number of aliphatic carboxylic acids is 1. The third kappa shape index (κ3) is 41.3. The molecule has 0 saturated carbocycles. The number of aliphatic hydroxyl groups excluding tert-OH is 1. The lowest BCUT2D eigenvalue weighted by molar-refractivity contribution is -0.150. The fourth-order valence-electron chi connectivity index (χ4n) is 6.87. The van der Waals surface area contributed by atoms with Crippen molar-refractivity contribution in [2.24, 2.45) is 0 Å². The smallest absolute Gasteiger partial charge is 0.328 e. The van der Waals surface area contributed by atoms with E-state index in [1.807, 2.05) is 0 Å². The van der Waals surface area contributed by atoms with Crippen LogP contribution in [0.4, 0.5) is 0 Å². The Morgan fingerprint density at radius 1 is 0.517 bits per heavy atom. The number of carboxylic acid groups (broad SMARTS) is 1. The standard InChI is InChI=1S/C51H88N2O7/c1-3-5-7-9-11-13-15-17-19-20-22-24-26-28-30-35-39-43-50(57)60-46(40-36-32-29-27-25-23-21-18-16-14-12-10-8-6-4-2)41-37-33-31-34-38-42-48(55)52-44-49(56)53-47(45-54)51(58)59/h5,7,11,13,17,19,22,24,28,30,46-47,54H,3-4,6,8-10,12,14-16,18,20-21,23,25-27,29,31-45H2,1-2H3,(H,52,55)(H,53,56)(H,58,59)/b7-5-,13-11-,19-17-,24-22-,30-28-. The number of amides is 2. The van der Waals surface area contributed by atoms with E-state index in [1.54, 1.807) is 0 Å². The van der Waals surface area contributed by atoms with Gasteiger partial charge in [-0.3, -0.25) is 14.4 Å². The molecule has 0 spiro atoms. The highest BCUT2D eigenvalue weighted by Gasteiger charge is 2.19. The zero-order valence-corrected chi connectivity index (χ0v) is 38.2. The molecule has 2 atom stereocenters. The lowest BCUT2D eigenvalue weighted by Crippen LogP contribution is -2.47. The minimum Gasteiger partial charge on any atom is -0.480 e. The highest BCUT2D eigenvalue weighted by Crippen LogP contribution is 2.19. The first-order chi connectivity index (χ1) is 29.3. The maximum Gasteiger partial charge on any atom is 0.328 e. The fourth-order valence-corrected chi connectivity index (χ4v) is 6.87. The summed E-state index contributed by atoms with van der Waals surface area (Å²) < 4.78 is 6.03. The SMILES string of the molecule is CC/C=C\C/C=C\C/C=C\C/C=C\C/C=C\CCCC(=O)OC(CCCCCCCCCCCCCCCCC)CCCCCCCC(=O)NCC(=O)NC(CO)C(=O)O. The Kier molecular flexibility index (Phi) is 42.5. The second-order valence-corrected chi connectivity index (χ2v) is 16.2. The van der Waals surface area contributed by atoms with Gasteiger partial charge in [0.1, 0.15) is 12.1 Å². The maximum absolute atomic E-state index is 12.8. The van der Waals surface area contributed by atoms with Gasteiger partial charge in [-0.25, -0.2) is 4.79 Å². The van der Waals surface area contributed by atoms with Crippen LogP contribution in [0.25, 0.3) is 0 Å². The van der Waals surface area contributed by atoms with Crippen LogP contribution in [-0.4, -0.2) is 59.3 Å². The Morgan fingerprint density at radius 3 is 1.40 bits per heavy atom. The summed E-state index contributed by atoms with van der Waals surface area (Å²) in [5.74, 6) is -2.35. The molecule has 2 amide bonds. The number of esters is 1. The molecule has 0 radical (unpaired) electrons. The summed E-state index contributed by atoms with van der Waals surface area (Å²) in [6.45, 7) is 3.37. The number of carboxylic acids is 1. The number of nitrogens with one attached hydrogen (secondary N) is 2. The van der Waals surface area contributed by atoms with Crippen molar-refractivity contribution in [3.05, 3.63) is 60.8 Å². The van der Waals surface area contributed by atoms with Gasteiger partial charge in [0.25, 0.3) is 0 Å². The van der Waals surface area contributed by atoms with Crippen LogP contribution in [-0.2, 0) is 23.9 Å². The first-order valence-corrected chi connectivity index (χ1v) is 24.2. The molecule has 0 rings (SSSR count). The number of ether oxygens (including phenoxy) is 1. The largest absolute Gasteiger partial charge is 0.480 e. The quantitative estimate of drug-likeness (QED) is 0.0272. The number of carbonyl (C=O) groups is 4. The van der Waals surface area contributed by atoms with Gasteiger partial charge in [-0.2, -0.15) is 0 Å². The van der Waals surface area contributed by atoms with E-state index in [4.69, 9.17) is 14.9 Å². The van der Waals surface area contributed by atoms with Crippen molar-refractivity contribution < 1.29 is 34.1 Å². The molecule has 0 heterocycles. The summed E-state index contributed by atoms with van der Waals surface area (Å²) in [6.07, 6.45) is 55.4. The molecule has 0 aromatic carbocycles. The molecule has 2 unspecified atom stereocenters. The maximum atomic E-state index is 12.8. The van der Waals surface area contributed by atoms with Gasteiger partial charge in [-0.1, -0.05) is 184 Å². The van der Waals surface area contributed by atoms with Crippen LogP contribution in [0.2, 0.25) is 0 Å². The zero-order chi connectivity index (χ0) is 44.0. The second-order valence-electron chi connectivity index (χ2n) is 16.2. The Morgan fingerprint density at radius 2 is 0.950 bits per heavy atom. The van der Waals surface area contributed by atoms with E-state index in [0.29, 0.717) is 12.8 Å². The molecule has 0 fully saturated rings. The predicted molar refractivity (Wildman–Crippen MR) is 250 cm³/mol. The number of carbonyl (C=O) groups excluding carboxylic acids is 3. The summed E-state index contributed by atoms with van der Waals surface area (Å²) in [7, 11) is 0. The average molecular weight is 841 g/mol. The van der Waals surface area contributed by atoms with E-state index >= 15 is 0 Å².